The van der Waals surface area contributed by atoms with Gasteiger partial charge < -0.3 is 20.5 Å². The lowest BCUT2D eigenvalue weighted by atomic mass is 10.1. The van der Waals surface area contributed by atoms with Crippen molar-refractivity contribution in [2.24, 2.45) is 10.7 Å². The molecule has 1 aromatic carbocycles. The van der Waals surface area contributed by atoms with Gasteiger partial charge in [-0.05, 0) is 31.2 Å². The van der Waals surface area contributed by atoms with E-state index in [9.17, 15) is 0 Å². The highest BCUT2D eigenvalue weighted by atomic mass is 16.5. The van der Waals surface area contributed by atoms with E-state index < -0.39 is 0 Å². The van der Waals surface area contributed by atoms with Gasteiger partial charge in [-0.1, -0.05) is 30.3 Å². The maximum absolute atomic E-state index is 5.84. The van der Waals surface area contributed by atoms with E-state index in [-0.39, 0.29) is 0 Å². The Bertz CT molecular complexity index is 431. The number of aliphatic imine (C=N–C) groups is 1. The van der Waals surface area contributed by atoms with Crippen LogP contribution >= 0.6 is 0 Å². The van der Waals surface area contributed by atoms with E-state index in [1.54, 1.807) is 0 Å². The Balaban J connectivity index is 1.50. The Hall–Kier alpha value is -1.59. The van der Waals surface area contributed by atoms with Gasteiger partial charge in [0.2, 0.25) is 0 Å². The fourth-order valence-electron chi connectivity index (χ4n) is 2.39. The Morgan fingerprint density at radius 2 is 2.05 bits per heavy atom. The van der Waals surface area contributed by atoms with E-state index in [1.807, 2.05) is 18.2 Å². The summed E-state index contributed by atoms with van der Waals surface area (Å²) < 4.78 is 11.1. The Labute approximate surface area is 132 Å². The van der Waals surface area contributed by atoms with Crippen LogP contribution in [0.1, 0.15) is 24.8 Å². The molecule has 122 valence electrons. The molecule has 0 spiro atoms. The highest BCUT2D eigenvalue weighted by Crippen LogP contribution is 2.10. The van der Waals surface area contributed by atoms with Crippen molar-refractivity contribution in [2.75, 3.05) is 32.9 Å². The van der Waals surface area contributed by atoms with Crippen LogP contribution in [-0.2, 0) is 15.9 Å². The molecule has 0 amide bonds. The van der Waals surface area contributed by atoms with Gasteiger partial charge in [-0.25, -0.2) is 0 Å². The number of hydrogen-bond donors (Lipinski definition) is 2. The van der Waals surface area contributed by atoms with Gasteiger partial charge in [-0.2, -0.15) is 0 Å². The standard InChI is InChI=1S/C17H27N3O2/c18-17(20-11-7-15-5-2-1-3-6-15)19-10-4-12-22-16-8-13-21-14-9-16/h1-3,5-6,16H,4,7-14H2,(H3,18,19,20). The normalized spacial score (nSPS) is 16.6. The third-order valence-corrected chi connectivity index (χ3v) is 3.67. The lowest BCUT2D eigenvalue weighted by molar-refractivity contribution is -0.0318. The van der Waals surface area contributed by atoms with Crippen LogP contribution in [0.15, 0.2) is 35.3 Å². The van der Waals surface area contributed by atoms with Gasteiger partial charge in [0.15, 0.2) is 5.96 Å². The van der Waals surface area contributed by atoms with Gasteiger partial charge in [0.1, 0.15) is 0 Å². The largest absolute Gasteiger partial charge is 0.381 e. The highest BCUT2D eigenvalue weighted by molar-refractivity contribution is 5.77. The minimum absolute atomic E-state index is 0.360. The number of nitrogens with two attached hydrogens (primary N) is 1. The zero-order valence-corrected chi connectivity index (χ0v) is 13.2. The van der Waals surface area contributed by atoms with Crippen molar-refractivity contribution >= 4 is 5.96 Å². The fourth-order valence-corrected chi connectivity index (χ4v) is 2.39. The van der Waals surface area contributed by atoms with Crippen molar-refractivity contribution in [1.29, 1.82) is 0 Å². The van der Waals surface area contributed by atoms with Gasteiger partial charge in [-0.15, -0.1) is 0 Å². The maximum Gasteiger partial charge on any atom is 0.188 e. The van der Waals surface area contributed by atoms with Crippen LogP contribution in [0.25, 0.3) is 0 Å². The third-order valence-electron chi connectivity index (χ3n) is 3.67. The van der Waals surface area contributed by atoms with Crippen molar-refractivity contribution in [3.63, 3.8) is 0 Å². The number of guanidine groups is 1. The van der Waals surface area contributed by atoms with E-state index in [4.69, 9.17) is 15.2 Å². The van der Waals surface area contributed by atoms with Crippen LogP contribution in [0.3, 0.4) is 0 Å². The Morgan fingerprint density at radius 3 is 2.82 bits per heavy atom. The molecule has 0 atom stereocenters. The first-order valence-electron chi connectivity index (χ1n) is 8.11. The second-order valence-electron chi connectivity index (χ2n) is 5.47. The molecular formula is C17H27N3O2. The van der Waals surface area contributed by atoms with E-state index >= 15 is 0 Å². The van der Waals surface area contributed by atoms with Crippen LogP contribution in [0.2, 0.25) is 0 Å². The number of hydrogen-bond acceptors (Lipinski definition) is 3. The number of ether oxygens (including phenoxy) is 2. The van der Waals surface area contributed by atoms with Gasteiger partial charge in [0, 0.05) is 32.9 Å². The molecule has 0 saturated carbocycles. The van der Waals surface area contributed by atoms with Gasteiger partial charge in [-0.3, -0.25) is 4.99 Å². The second kappa shape index (κ2) is 10.2. The van der Waals surface area contributed by atoms with Crippen molar-refractivity contribution in [1.82, 2.24) is 5.32 Å². The molecule has 1 fully saturated rings. The molecular weight excluding hydrogens is 278 g/mol. The van der Waals surface area contributed by atoms with Crippen LogP contribution in [-0.4, -0.2) is 45.0 Å². The minimum atomic E-state index is 0.360. The quantitative estimate of drug-likeness (QED) is 0.436. The molecule has 5 nitrogen and oxygen atoms in total. The lowest BCUT2D eigenvalue weighted by Gasteiger charge is -2.22. The summed E-state index contributed by atoms with van der Waals surface area (Å²) in [6.45, 7) is 3.89. The number of benzene rings is 1. The molecule has 22 heavy (non-hydrogen) atoms. The minimum Gasteiger partial charge on any atom is -0.381 e. The Morgan fingerprint density at radius 1 is 1.27 bits per heavy atom. The fraction of sp³-hybridized carbons (Fsp3) is 0.588. The topological polar surface area (TPSA) is 68.9 Å². The van der Waals surface area contributed by atoms with E-state index in [0.29, 0.717) is 18.6 Å². The van der Waals surface area contributed by atoms with Gasteiger partial charge in [0.25, 0.3) is 0 Å². The molecule has 2 rings (SSSR count). The molecule has 0 unspecified atom stereocenters. The molecule has 0 bridgehead atoms. The molecule has 1 aromatic rings. The van der Waals surface area contributed by atoms with Crippen LogP contribution in [0.5, 0.6) is 0 Å². The summed E-state index contributed by atoms with van der Waals surface area (Å²) >= 11 is 0. The SMILES string of the molecule is NC(=NCCCOC1CCOCC1)NCCc1ccccc1. The van der Waals surface area contributed by atoms with Crippen molar-refractivity contribution in [3.05, 3.63) is 35.9 Å². The molecule has 0 aliphatic carbocycles. The van der Waals surface area contributed by atoms with E-state index in [1.165, 1.54) is 5.56 Å². The smallest absolute Gasteiger partial charge is 0.188 e. The Kier molecular flexibility index (Phi) is 7.77. The van der Waals surface area contributed by atoms with Crippen LogP contribution < -0.4 is 11.1 Å². The molecule has 1 saturated heterocycles. The number of nitrogens with zero attached hydrogens (tertiary/aromatic N) is 1. The zero-order chi connectivity index (χ0) is 15.5. The molecule has 0 radical (unpaired) electrons. The summed E-state index contributed by atoms with van der Waals surface area (Å²) in [6.07, 6.45) is 4.22. The van der Waals surface area contributed by atoms with Crippen molar-refractivity contribution < 1.29 is 9.47 Å². The first-order valence-corrected chi connectivity index (χ1v) is 8.11. The summed E-state index contributed by atoms with van der Waals surface area (Å²) in [6, 6.07) is 10.3. The van der Waals surface area contributed by atoms with E-state index in [2.05, 4.69) is 22.4 Å². The first-order chi connectivity index (χ1) is 10.8. The predicted molar refractivity (Wildman–Crippen MR) is 89.0 cm³/mol. The third kappa shape index (κ3) is 6.91. The zero-order valence-electron chi connectivity index (χ0n) is 13.2. The van der Waals surface area contributed by atoms with Gasteiger partial charge in [0.05, 0.1) is 6.10 Å². The van der Waals surface area contributed by atoms with Crippen LogP contribution in [0.4, 0.5) is 0 Å². The summed E-state index contributed by atoms with van der Waals surface area (Å²) in [7, 11) is 0. The highest BCUT2D eigenvalue weighted by Gasteiger charge is 2.13. The monoisotopic (exact) mass is 305 g/mol. The predicted octanol–water partition coefficient (Wildman–Crippen LogP) is 1.72. The molecule has 1 heterocycles. The van der Waals surface area contributed by atoms with E-state index in [0.717, 1.165) is 52.0 Å². The summed E-state index contributed by atoms with van der Waals surface area (Å²) in [5.74, 6) is 0.516. The summed E-state index contributed by atoms with van der Waals surface area (Å²) in [5.41, 5.74) is 7.14. The summed E-state index contributed by atoms with van der Waals surface area (Å²) in [4.78, 5) is 4.32. The molecule has 3 N–H and O–H groups in total. The average Bonchev–Trinajstić information content (AvgIpc) is 2.56. The van der Waals surface area contributed by atoms with Gasteiger partial charge >= 0.3 is 0 Å². The number of rotatable bonds is 8. The van der Waals surface area contributed by atoms with Crippen LogP contribution in [0, 0.1) is 0 Å². The first kappa shape index (κ1) is 16.8. The molecule has 0 aromatic heterocycles. The lowest BCUT2D eigenvalue weighted by Crippen LogP contribution is -2.33. The molecule has 1 aliphatic rings. The number of nitrogens with one attached hydrogen (secondary N) is 1. The molecule has 5 heteroatoms. The second-order valence-corrected chi connectivity index (χ2v) is 5.47. The molecule has 1 aliphatic heterocycles. The van der Waals surface area contributed by atoms with Crippen molar-refractivity contribution in [2.45, 2.75) is 31.8 Å². The van der Waals surface area contributed by atoms with Crippen molar-refractivity contribution in [3.8, 4) is 0 Å². The average molecular weight is 305 g/mol. The summed E-state index contributed by atoms with van der Waals surface area (Å²) in [5, 5.41) is 3.14. The maximum atomic E-state index is 5.84.